The number of hydrogen-bond donors (Lipinski definition) is 1. The van der Waals surface area contributed by atoms with Crippen LogP contribution in [0.5, 0.6) is 0 Å². The van der Waals surface area contributed by atoms with Crippen molar-refractivity contribution in [2.45, 2.75) is 32.7 Å². The summed E-state index contributed by atoms with van der Waals surface area (Å²) in [5.74, 6) is 1.50. The molecule has 1 unspecified atom stereocenters. The molecular formula is C14H17F2N. The highest BCUT2D eigenvalue weighted by Crippen LogP contribution is 2.26. The molecule has 0 amide bonds. The summed E-state index contributed by atoms with van der Waals surface area (Å²) in [6.07, 6.45) is 6.21. The van der Waals surface area contributed by atoms with Gasteiger partial charge in [0.1, 0.15) is 11.6 Å². The summed E-state index contributed by atoms with van der Waals surface area (Å²) in [5.41, 5.74) is 0.548. The van der Waals surface area contributed by atoms with Crippen molar-refractivity contribution in [1.82, 2.24) is 5.32 Å². The lowest BCUT2D eigenvalue weighted by molar-refractivity contribution is 0.456. The van der Waals surface area contributed by atoms with Gasteiger partial charge < -0.3 is 5.32 Å². The van der Waals surface area contributed by atoms with Crippen molar-refractivity contribution >= 4 is 0 Å². The highest BCUT2D eigenvalue weighted by Gasteiger charge is 2.20. The van der Waals surface area contributed by atoms with Gasteiger partial charge in [-0.3, -0.25) is 0 Å². The van der Waals surface area contributed by atoms with Gasteiger partial charge in [0.25, 0.3) is 0 Å². The van der Waals surface area contributed by atoms with Crippen molar-refractivity contribution in [3.63, 3.8) is 0 Å². The van der Waals surface area contributed by atoms with Gasteiger partial charge in [-0.25, -0.2) is 8.78 Å². The number of benzene rings is 1. The summed E-state index contributed by atoms with van der Waals surface area (Å²) in [7, 11) is 0. The molecule has 0 aliphatic carbocycles. The second-order valence-corrected chi connectivity index (χ2v) is 3.95. The molecule has 0 spiro atoms. The summed E-state index contributed by atoms with van der Waals surface area (Å²) < 4.78 is 27.6. The van der Waals surface area contributed by atoms with E-state index in [1.165, 1.54) is 12.1 Å². The maximum atomic E-state index is 13.9. The van der Waals surface area contributed by atoms with Crippen LogP contribution in [-0.4, -0.2) is 6.54 Å². The van der Waals surface area contributed by atoms with Crippen LogP contribution in [0.1, 0.15) is 36.9 Å². The van der Waals surface area contributed by atoms with E-state index >= 15 is 0 Å². The van der Waals surface area contributed by atoms with Gasteiger partial charge in [-0.1, -0.05) is 13.0 Å². The first-order chi connectivity index (χ1) is 8.11. The number of terminal acetylenes is 1. The number of rotatable bonds is 5. The fourth-order valence-corrected chi connectivity index (χ4v) is 1.82. The molecule has 1 aromatic rings. The molecule has 1 nitrogen and oxygen atoms in total. The predicted molar refractivity (Wildman–Crippen MR) is 65.6 cm³/mol. The molecule has 0 saturated carbocycles. The lowest BCUT2D eigenvalue weighted by Gasteiger charge is -2.19. The smallest absolute Gasteiger partial charge is 0.133 e. The van der Waals surface area contributed by atoms with Gasteiger partial charge in [0.15, 0.2) is 0 Å². The molecule has 0 aromatic heterocycles. The summed E-state index contributed by atoms with van der Waals surface area (Å²) in [6, 6.07) is 2.38. The van der Waals surface area contributed by atoms with Crippen LogP contribution in [0.4, 0.5) is 8.78 Å². The van der Waals surface area contributed by atoms with Crippen LogP contribution in [0.3, 0.4) is 0 Å². The molecule has 0 fully saturated rings. The molecule has 92 valence electrons. The molecule has 0 radical (unpaired) electrons. The minimum absolute atomic E-state index is 0.0992. The van der Waals surface area contributed by atoms with Crippen molar-refractivity contribution in [2.75, 3.05) is 6.54 Å². The Balaban J connectivity index is 3.08. The maximum Gasteiger partial charge on any atom is 0.133 e. The molecule has 17 heavy (non-hydrogen) atoms. The first-order valence-electron chi connectivity index (χ1n) is 5.73. The third-order valence-electron chi connectivity index (χ3n) is 2.70. The average molecular weight is 237 g/mol. The number of halogens is 2. The van der Waals surface area contributed by atoms with E-state index in [4.69, 9.17) is 6.42 Å². The number of hydrogen-bond acceptors (Lipinski definition) is 1. The molecule has 0 aliphatic rings. The Hall–Kier alpha value is -1.40. The molecule has 0 saturated heterocycles. The summed E-state index contributed by atoms with van der Waals surface area (Å²) >= 11 is 0. The largest absolute Gasteiger partial charge is 0.310 e. The van der Waals surface area contributed by atoms with E-state index in [0.717, 1.165) is 0 Å². The zero-order valence-electron chi connectivity index (χ0n) is 10.2. The van der Waals surface area contributed by atoms with Crippen LogP contribution in [-0.2, 0) is 0 Å². The van der Waals surface area contributed by atoms with Crippen molar-refractivity contribution in [3.05, 3.63) is 34.9 Å². The van der Waals surface area contributed by atoms with Gasteiger partial charge in [0, 0.05) is 18.0 Å². The summed E-state index contributed by atoms with van der Waals surface area (Å²) in [4.78, 5) is 0. The first-order valence-corrected chi connectivity index (χ1v) is 5.73. The number of nitrogens with one attached hydrogen (secondary N) is 1. The Morgan fingerprint density at radius 1 is 1.41 bits per heavy atom. The molecule has 0 bridgehead atoms. The Bertz CT molecular complexity index is 421. The Kier molecular flexibility index (Phi) is 5.11. The molecule has 0 heterocycles. The topological polar surface area (TPSA) is 12.0 Å². The van der Waals surface area contributed by atoms with Crippen molar-refractivity contribution in [1.29, 1.82) is 0 Å². The fraction of sp³-hybridized carbons (Fsp3) is 0.429. The summed E-state index contributed by atoms with van der Waals surface area (Å²) in [6.45, 7) is 4.17. The fourth-order valence-electron chi connectivity index (χ4n) is 1.82. The average Bonchev–Trinajstić information content (AvgIpc) is 2.31. The lowest BCUT2D eigenvalue weighted by Crippen LogP contribution is -2.23. The normalized spacial score (nSPS) is 12.2. The SMILES string of the molecule is C#CCCC(NCC)c1c(F)ccc(C)c1F. The lowest BCUT2D eigenvalue weighted by atomic mass is 9.98. The highest BCUT2D eigenvalue weighted by molar-refractivity contribution is 5.29. The molecule has 1 rings (SSSR count). The second-order valence-electron chi connectivity index (χ2n) is 3.95. The van der Waals surface area contributed by atoms with E-state index < -0.39 is 11.6 Å². The van der Waals surface area contributed by atoms with Gasteiger partial charge in [0.05, 0.1) is 0 Å². The molecule has 3 heteroatoms. The van der Waals surface area contributed by atoms with Crippen molar-refractivity contribution in [2.24, 2.45) is 0 Å². The minimum atomic E-state index is -0.518. The monoisotopic (exact) mass is 237 g/mol. The van der Waals surface area contributed by atoms with E-state index in [1.54, 1.807) is 6.92 Å². The van der Waals surface area contributed by atoms with Gasteiger partial charge in [0.2, 0.25) is 0 Å². The molecular weight excluding hydrogens is 220 g/mol. The van der Waals surface area contributed by atoms with Crippen LogP contribution in [0.2, 0.25) is 0 Å². The van der Waals surface area contributed by atoms with Gasteiger partial charge in [-0.05, 0) is 31.5 Å². The van der Waals surface area contributed by atoms with E-state index in [9.17, 15) is 8.78 Å². The predicted octanol–water partition coefficient (Wildman–Crippen LogP) is 3.34. The van der Waals surface area contributed by atoms with Crippen molar-refractivity contribution < 1.29 is 8.78 Å². The molecule has 1 atom stereocenters. The van der Waals surface area contributed by atoms with Crippen LogP contribution in [0.25, 0.3) is 0 Å². The Labute approximate surface area is 101 Å². The van der Waals surface area contributed by atoms with Crippen LogP contribution in [0.15, 0.2) is 12.1 Å². The maximum absolute atomic E-state index is 13.9. The van der Waals surface area contributed by atoms with E-state index in [2.05, 4.69) is 11.2 Å². The van der Waals surface area contributed by atoms with Crippen LogP contribution >= 0.6 is 0 Å². The molecule has 1 N–H and O–H groups in total. The molecule has 0 aliphatic heterocycles. The standard InChI is InChI=1S/C14H17F2N/c1-4-6-7-12(17-5-2)13-11(15)9-8-10(3)14(13)16/h1,8-9,12,17H,5-7H2,2-3H3. The quantitative estimate of drug-likeness (QED) is 0.774. The van der Waals surface area contributed by atoms with Gasteiger partial charge >= 0.3 is 0 Å². The van der Waals surface area contributed by atoms with Gasteiger partial charge in [-0.2, -0.15) is 0 Å². The number of aryl methyl sites for hydroxylation is 1. The third kappa shape index (κ3) is 3.28. The van der Waals surface area contributed by atoms with Crippen LogP contribution < -0.4 is 5.32 Å². The molecule has 1 aromatic carbocycles. The second kappa shape index (κ2) is 6.36. The van der Waals surface area contributed by atoms with E-state index in [-0.39, 0.29) is 11.6 Å². The van der Waals surface area contributed by atoms with Crippen LogP contribution in [0, 0.1) is 30.9 Å². The minimum Gasteiger partial charge on any atom is -0.310 e. The van der Waals surface area contributed by atoms with Gasteiger partial charge in [-0.15, -0.1) is 12.3 Å². The van der Waals surface area contributed by atoms with E-state index in [1.807, 2.05) is 6.92 Å². The zero-order chi connectivity index (χ0) is 12.8. The third-order valence-corrected chi connectivity index (χ3v) is 2.70. The summed E-state index contributed by atoms with van der Waals surface area (Å²) in [5, 5.41) is 3.07. The Morgan fingerprint density at radius 3 is 2.71 bits per heavy atom. The van der Waals surface area contributed by atoms with Crippen molar-refractivity contribution in [3.8, 4) is 12.3 Å². The first kappa shape index (κ1) is 13.7. The Morgan fingerprint density at radius 2 is 2.12 bits per heavy atom. The zero-order valence-corrected chi connectivity index (χ0v) is 10.2. The highest BCUT2D eigenvalue weighted by atomic mass is 19.1. The van der Waals surface area contributed by atoms with E-state index in [0.29, 0.717) is 24.9 Å².